The van der Waals surface area contributed by atoms with Crippen LogP contribution in [0.4, 0.5) is 0 Å². The van der Waals surface area contributed by atoms with Crippen LogP contribution >= 0.6 is 27.5 Å². The Morgan fingerprint density at radius 2 is 2.00 bits per heavy atom. The van der Waals surface area contributed by atoms with Gasteiger partial charge in [0.1, 0.15) is 0 Å². The minimum atomic E-state index is 0.00808. The molecule has 0 unspecified atom stereocenters. The van der Waals surface area contributed by atoms with Gasteiger partial charge in [-0.1, -0.05) is 22.0 Å². The first-order valence-corrected chi connectivity index (χ1v) is 7.50. The van der Waals surface area contributed by atoms with Crippen molar-refractivity contribution in [3.63, 3.8) is 0 Å². The number of alkyl halides is 1. The van der Waals surface area contributed by atoms with Crippen molar-refractivity contribution in [1.82, 2.24) is 5.32 Å². The number of aryl methyl sites for hydroxylation is 1. The number of benzene rings is 1. The van der Waals surface area contributed by atoms with Gasteiger partial charge in [-0.05, 0) is 50.3 Å². The van der Waals surface area contributed by atoms with E-state index >= 15 is 0 Å². The number of halogens is 2. The van der Waals surface area contributed by atoms with Crippen molar-refractivity contribution in [1.29, 1.82) is 0 Å². The summed E-state index contributed by atoms with van der Waals surface area (Å²) in [5, 5.41) is 3.37. The van der Waals surface area contributed by atoms with Crippen LogP contribution in [0.1, 0.15) is 41.6 Å². The first-order chi connectivity index (χ1) is 8.56. The molecule has 0 radical (unpaired) electrons. The zero-order chi connectivity index (χ0) is 13.1. The molecule has 0 aliphatic heterocycles. The quantitative estimate of drug-likeness (QED) is 0.815. The van der Waals surface area contributed by atoms with Crippen molar-refractivity contribution < 1.29 is 4.79 Å². The predicted octanol–water partition coefficient (Wildman–Crippen LogP) is 4.04. The molecule has 2 rings (SSSR count). The molecule has 4 heteroatoms. The monoisotopic (exact) mass is 329 g/mol. The lowest BCUT2D eigenvalue weighted by Crippen LogP contribution is -2.37. The van der Waals surface area contributed by atoms with Crippen LogP contribution in [0.5, 0.6) is 0 Å². The normalized spacial score (nSPS) is 23.7. The summed E-state index contributed by atoms with van der Waals surface area (Å²) in [6, 6.07) is 5.96. The highest BCUT2D eigenvalue weighted by atomic mass is 79.9. The van der Waals surface area contributed by atoms with Crippen molar-refractivity contribution in [2.45, 2.75) is 44.0 Å². The third kappa shape index (κ3) is 3.48. The van der Waals surface area contributed by atoms with Crippen molar-refractivity contribution >= 4 is 33.4 Å². The van der Waals surface area contributed by atoms with Gasteiger partial charge in [0.15, 0.2) is 0 Å². The summed E-state index contributed by atoms with van der Waals surface area (Å²) in [7, 11) is 0. The van der Waals surface area contributed by atoms with Gasteiger partial charge in [0, 0.05) is 21.5 Å². The topological polar surface area (TPSA) is 29.1 Å². The maximum atomic E-state index is 12.1. The Labute approximate surface area is 121 Å². The van der Waals surface area contributed by atoms with E-state index in [1.807, 2.05) is 25.1 Å². The average Bonchev–Trinajstić information content (AvgIpc) is 2.35. The van der Waals surface area contributed by atoms with Gasteiger partial charge in [0.2, 0.25) is 0 Å². The molecule has 0 atom stereocenters. The molecule has 0 aromatic heterocycles. The molecule has 1 N–H and O–H groups in total. The van der Waals surface area contributed by atoms with Gasteiger partial charge >= 0.3 is 0 Å². The Balaban J connectivity index is 1.97. The van der Waals surface area contributed by atoms with Gasteiger partial charge in [-0.15, -0.1) is 11.6 Å². The molecule has 0 bridgehead atoms. The van der Waals surface area contributed by atoms with Crippen LogP contribution < -0.4 is 5.32 Å². The summed E-state index contributed by atoms with van der Waals surface area (Å²) in [6.45, 7) is 2.01. The molecular formula is C14H17BrClNO. The van der Waals surface area contributed by atoms with Crippen LogP contribution in [-0.2, 0) is 0 Å². The van der Waals surface area contributed by atoms with Gasteiger partial charge in [-0.2, -0.15) is 0 Å². The summed E-state index contributed by atoms with van der Waals surface area (Å²) in [4.78, 5) is 12.1. The molecule has 98 valence electrons. The van der Waals surface area contributed by atoms with Crippen LogP contribution in [0.25, 0.3) is 0 Å². The molecule has 0 spiro atoms. The second-order valence-electron chi connectivity index (χ2n) is 4.89. The molecule has 1 fully saturated rings. The SMILES string of the molecule is Cc1ccc(C(=O)NC2CCC(Cl)CC2)cc1Br. The molecule has 18 heavy (non-hydrogen) atoms. The Hall–Kier alpha value is -0.540. The van der Waals surface area contributed by atoms with Crippen LogP contribution in [0.15, 0.2) is 22.7 Å². The number of carbonyl (C=O) groups excluding carboxylic acids is 1. The van der Waals surface area contributed by atoms with Gasteiger partial charge in [0.05, 0.1) is 0 Å². The smallest absolute Gasteiger partial charge is 0.251 e. The standard InChI is InChI=1S/C14H17BrClNO/c1-9-2-3-10(8-13(9)15)14(18)17-12-6-4-11(16)5-7-12/h2-3,8,11-12H,4-7H2,1H3,(H,17,18). The lowest BCUT2D eigenvalue weighted by molar-refractivity contribution is 0.0928. The third-order valence-corrected chi connectivity index (χ3v) is 4.72. The minimum Gasteiger partial charge on any atom is -0.349 e. The van der Waals surface area contributed by atoms with Crippen LogP contribution in [0.2, 0.25) is 0 Å². The highest BCUT2D eigenvalue weighted by molar-refractivity contribution is 9.10. The second kappa shape index (κ2) is 6.07. The zero-order valence-corrected chi connectivity index (χ0v) is 12.7. The number of rotatable bonds is 2. The molecule has 0 heterocycles. The van der Waals surface area contributed by atoms with Crippen molar-refractivity contribution in [2.24, 2.45) is 0 Å². The maximum absolute atomic E-state index is 12.1. The summed E-state index contributed by atoms with van der Waals surface area (Å²) in [5.74, 6) is 0.00808. The van der Waals surface area contributed by atoms with Crippen LogP contribution in [0.3, 0.4) is 0 Å². The lowest BCUT2D eigenvalue weighted by atomic mass is 9.95. The molecule has 1 aliphatic rings. The summed E-state index contributed by atoms with van der Waals surface area (Å²) >= 11 is 9.50. The molecule has 0 saturated heterocycles. The van der Waals surface area contributed by atoms with Gasteiger partial charge in [0.25, 0.3) is 5.91 Å². The number of nitrogens with one attached hydrogen (secondary N) is 1. The number of amides is 1. The molecular weight excluding hydrogens is 314 g/mol. The summed E-state index contributed by atoms with van der Waals surface area (Å²) < 4.78 is 0.972. The molecule has 1 amide bonds. The Bertz CT molecular complexity index is 441. The first-order valence-electron chi connectivity index (χ1n) is 6.27. The fourth-order valence-electron chi connectivity index (χ4n) is 2.20. The highest BCUT2D eigenvalue weighted by Gasteiger charge is 2.21. The fourth-order valence-corrected chi connectivity index (χ4v) is 2.83. The van der Waals surface area contributed by atoms with E-state index in [-0.39, 0.29) is 17.3 Å². The van der Waals surface area contributed by atoms with E-state index in [0.29, 0.717) is 5.56 Å². The van der Waals surface area contributed by atoms with Crippen LogP contribution in [0, 0.1) is 6.92 Å². The summed E-state index contributed by atoms with van der Waals surface area (Å²) in [5.41, 5.74) is 1.84. The molecule has 1 aromatic rings. The molecule has 2 nitrogen and oxygen atoms in total. The first kappa shape index (κ1) is 13.9. The van der Waals surface area contributed by atoms with Gasteiger partial charge in [-0.3, -0.25) is 4.79 Å². The van der Waals surface area contributed by atoms with Crippen molar-refractivity contribution in [3.05, 3.63) is 33.8 Å². The maximum Gasteiger partial charge on any atom is 0.251 e. The lowest BCUT2D eigenvalue weighted by Gasteiger charge is -2.25. The van der Waals surface area contributed by atoms with E-state index in [1.54, 1.807) is 0 Å². The number of hydrogen-bond acceptors (Lipinski definition) is 1. The van der Waals surface area contributed by atoms with E-state index in [0.717, 1.165) is 35.7 Å². The fraction of sp³-hybridized carbons (Fsp3) is 0.500. The molecule has 1 saturated carbocycles. The van der Waals surface area contributed by atoms with E-state index in [4.69, 9.17) is 11.6 Å². The highest BCUT2D eigenvalue weighted by Crippen LogP contribution is 2.23. The Morgan fingerprint density at radius 1 is 1.33 bits per heavy atom. The van der Waals surface area contributed by atoms with E-state index < -0.39 is 0 Å². The van der Waals surface area contributed by atoms with Gasteiger partial charge < -0.3 is 5.32 Å². The van der Waals surface area contributed by atoms with Crippen molar-refractivity contribution in [3.8, 4) is 0 Å². The molecule has 1 aromatic carbocycles. The number of hydrogen-bond donors (Lipinski definition) is 1. The Morgan fingerprint density at radius 3 is 2.61 bits per heavy atom. The second-order valence-corrected chi connectivity index (χ2v) is 6.36. The van der Waals surface area contributed by atoms with E-state index in [9.17, 15) is 4.79 Å². The zero-order valence-electron chi connectivity index (χ0n) is 10.4. The van der Waals surface area contributed by atoms with Crippen molar-refractivity contribution in [2.75, 3.05) is 0 Å². The van der Waals surface area contributed by atoms with E-state index in [2.05, 4.69) is 21.2 Å². The Kier molecular flexibility index (Phi) is 4.68. The predicted molar refractivity (Wildman–Crippen MR) is 78.2 cm³/mol. The van der Waals surface area contributed by atoms with Gasteiger partial charge in [-0.25, -0.2) is 0 Å². The minimum absolute atomic E-state index is 0.00808. The molecule has 1 aliphatic carbocycles. The summed E-state index contributed by atoms with van der Waals surface area (Å²) in [6.07, 6.45) is 3.94. The van der Waals surface area contributed by atoms with E-state index in [1.165, 1.54) is 0 Å². The van der Waals surface area contributed by atoms with Crippen LogP contribution in [-0.4, -0.2) is 17.3 Å². The largest absolute Gasteiger partial charge is 0.349 e. The average molecular weight is 331 g/mol. The number of carbonyl (C=O) groups is 1. The third-order valence-electron chi connectivity index (χ3n) is 3.43.